The van der Waals surface area contributed by atoms with E-state index in [1.807, 2.05) is 6.07 Å². The number of hydrogen-bond acceptors (Lipinski definition) is 3. The van der Waals surface area contributed by atoms with Crippen LogP contribution < -0.4 is 10.1 Å². The number of nitrogens with one attached hydrogen (secondary N) is 1. The number of rotatable bonds is 4. The van der Waals surface area contributed by atoms with E-state index in [1.165, 1.54) is 37.7 Å². The first-order valence-corrected chi connectivity index (χ1v) is 8.21. The molecule has 116 valence electrons. The molecule has 0 aromatic heterocycles. The van der Waals surface area contributed by atoms with Crippen molar-refractivity contribution in [3.8, 4) is 5.75 Å². The average Bonchev–Trinajstić information content (AvgIpc) is 2.96. The lowest BCUT2D eigenvalue weighted by Gasteiger charge is -2.41. The van der Waals surface area contributed by atoms with E-state index in [1.54, 1.807) is 7.11 Å². The predicted octanol–water partition coefficient (Wildman–Crippen LogP) is 3.70. The molecular weight excluding hydrogens is 262 g/mol. The van der Waals surface area contributed by atoms with Crippen molar-refractivity contribution in [1.82, 2.24) is 5.32 Å². The highest BCUT2D eigenvalue weighted by atomic mass is 16.5. The highest BCUT2D eigenvalue weighted by Gasteiger charge is 2.42. The van der Waals surface area contributed by atoms with Gasteiger partial charge in [0.25, 0.3) is 0 Å². The van der Waals surface area contributed by atoms with E-state index in [4.69, 9.17) is 9.47 Å². The topological polar surface area (TPSA) is 30.5 Å². The fraction of sp³-hybridized carbons (Fsp3) is 0.667. The molecule has 1 aromatic rings. The quantitative estimate of drug-likeness (QED) is 0.917. The molecule has 2 fully saturated rings. The Balaban J connectivity index is 1.78. The Hall–Kier alpha value is -1.06. The van der Waals surface area contributed by atoms with Crippen LogP contribution in [0.4, 0.5) is 0 Å². The first kappa shape index (κ1) is 14.9. The molecule has 3 heteroatoms. The lowest BCUT2D eigenvalue weighted by molar-refractivity contribution is -0.0978. The third-order valence-electron chi connectivity index (χ3n) is 5.28. The zero-order chi connectivity index (χ0) is 14.7. The zero-order valence-electron chi connectivity index (χ0n) is 13.2. The molecule has 2 unspecified atom stereocenters. The average molecular weight is 289 g/mol. The monoisotopic (exact) mass is 289 g/mol. The van der Waals surface area contributed by atoms with Gasteiger partial charge >= 0.3 is 0 Å². The molecule has 1 aromatic carbocycles. The summed E-state index contributed by atoms with van der Waals surface area (Å²) < 4.78 is 11.6. The van der Waals surface area contributed by atoms with Crippen molar-refractivity contribution >= 4 is 0 Å². The van der Waals surface area contributed by atoms with Crippen LogP contribution in [0, 0.1) is 5.92 Å². The van der Waals surface area contributed by atoms with Gasteiger partial charge in [-0.05, 0) is 56.3 Å². The van der Waals surface area contributed by atoms with Crippen LogP contribution in [0.1, 0.15) is 50.1 Å². The summed E-state index contributed by atoms with van der Waals surface area (Å²) in [5.74, 6) is 1.59. The number of ether oxygens (including phenoxy) is 2. The van der Waals surface area contributed by atoms with Crippen LogP contribution in [0.15, 0.2) is 24.3 Å². The largest absolute Gasteiger partial charge is 0.497 e. The number of methoxy groups -OCH3 is 1. The van der Waals surface area contributed by atoms with Crippen molar-refractivity contribution in [2.75, 3.05) is 20.8 Å². The fourth-order valence-electron chi connectivity index (χ4n) is 4.23. The summed E-state index contributed by atoms with van der Waals surface area (Å²) in [5.41, 5.74) is 1.51. The molecule has 2 atom stereocenters. The molecule has 1 aliphatic carbocycles. The molecule has 21 heavy (non-hydrogen) atoms. The van der Waals surface area contributed by atoms with E-state index >= 15 is 0 Å². The van der Waals surface area contributed by atoms with Gasteiger partial charge in [0.15, 0.2) is 0 Å². The molecule has 1 N–H and O–H groups in total. The van der Waals surface area contributed by atoms with Crippen LogP contribution in [-0.2, 0) is 4.74 Å². The van der Waals surface area contributed by atoms with Crippen molar-refractivity contribution in [3.05, 3.63) is 29.8 Å². The van der Waals surface area contributed by atoms with Gasteiger partial charge in [-0.1, -0.05) is 25.0 Å². The van der Waals surface area contributed by atoms with Gasteiger partial charge in [0.1, 0.15) is 5.75 Å². The summed E-state index contributed by atoms with van der Waals surface area (Å²) in [5, 5.41) is 3.53. The lowest BCUT2D eigenvalue weighted by Crippen LogP contribution is -2.41. The van der Waals surface area contributed by atoms with Crippen LogP contribution >= 0.6 is 0 Å². The van der Waals surface area contributed by atoms with Crippen molar-refractivity contribution < 1.29 is 9.47 Å². The second-order valence-electron chi connectivity index (χ2n) is 6.53. The molecule has 0 bridgehead atoms. The van der Waals surface area contributed by atoms with Crippen molar-refractivity contribution in [1.29, 1.82) is 0 Å². The Bertz CT molecular complexity index is 468. The van der Waals surface area contributed by atoms with Crippen molar-refractivity contribution in [2.24, 2.45) is 5.92 Å². The number of benzene rings is 1. The molecule has 1 heterocycles. The molecule has 0 amide bonds. The molecule has 1 saturated carbocycles. The summed E-state index contributed by atoms with van der Waals surface area (Å²) in [4.78, 5) is 0. The van der Waals surface area contributed by atoms with E-state index in [0.29, 0.717) is 12.0 Å². The minimum atomic E-state index is 0.177. The first-order chi connectivity index (χ1) is 10.3. The van der Waals surface area contributed by atoms with Crippen molar-refractivity contribution in [3.63, 3.8) is 0 Å². The fourth-order valence-corrected chi connectivity index (χ4v) is 4.23. The number of hydrogen-bond donors (Lipinski definition) is 1. The molecule has 3 rings (SSSR count). The van der Waals surface area contributed by atoms with Crippen LogP contribution in [0.25, 0.3) is 0 Å². The molecular formula is C18H27NO2. The second-order valence-corrected chi connectivity index (χ2v) is 6.53. The molecule has 3 nitrogen and oxygen atoms in total. The molecule has 2 aliphatic rings. The Morgan fingerprint density at radius 1 is 1.33 bits per heavy atom. The maximum Gasteiger partial charge on any atom is 0.119 e. The zero-order valence-corrected chi connectivity index (χ0v) is 13.2. The van der Waals surface area contributed by atoms with Gasteiger partial charge < -0.3 is 14.8 Å². The van der Waals surface area contributed by atoms with E-state index < -0.39 is 0 Å². The highest BCUT2D eigenvalue weighted by Crippen LogP contribution is 2.45. The molecule has 1 aliphatic heterocycles. The molecule has 0 radical (unpaired) electrons. The second kappa shape index (κ2) is 6.37. The Morgan fingerprint density at radius 2 is 2.14 bits per heavy atom. The van der Waals surface area contributed by atoms with Gasteiger partial charge in [-0.2, -0.15) is 0 Å². The van der Waals surface area contributed by atoms with E-state index in [9.17, 15) is 0 Å². The Morgan fingerprint density at radius 3 is 2.86 bits per heavy atom. The molecule has 1 saturated heterocycles. The minimum absolute atomic E-state index is 0.177. The standard InChI is InChI=1S/C18H27NO2/c1-19-17(14-6-5-7-16(12-14)20-2)15-8-11-21-18(13-15)9-3-4-10-18/h5-7,12,15,17,19H,3-4,8-11,13H2,1-2H3. The SMILES string of the molecule is CNC(c1cccc(OC)c1)C1CCOC2(CCCC2)C1. The van der Waals surface area contributed by atoms with E-state index in [2.05, 4.69) is 30.6 Å². The Kier molecular flexibility index (Phi) is 4.51. The normalized spacial score (nSPS) is 25.9. The summed E-state index contributed by atoms with van der Waals surface area (Å²) in [6.45, 7) is 0.910. The maximum atomic E-state index is 6.18. The van der Waals surface area contributed by atoms with Gasteiger partial charge in [0, 0.05) is 12.6 Å². The van der Waals surface area contributed by atoms with Crippen LogP contribution in [0.2, 0.25) is 0 Å². The first-order valence-electron chi connectivity index (χ1n) is 8.21. The van der Waals surface area contributed by atoms with Crippen molar-refractivity contribution in [2.45, 2.75) is 50.2 Å². The lowest BCUT2D eigenvalue weighted by atomic mass is 9.78. The van der Waals surface area contributed by atoms with Gasteiger partial charge in [-0.15, -0.1) is 0 Å². The third-order valence-corrected chi connectivity index (χ3v) is 5.28. The Labute approximate surface area is 128 Å². The summed E-state index contributed by atoms with van der Waals surface area (Å²) in [7, 11) is 3.80. The van der Waals surface area contributed by atoms with Crippen LogP contribution in [0.3, 0.4) is 0 Å². The molecule has 1 spiro atoms. The highest BCUT2D eigenvalue weighted by molar-refractivity contribution is 5.31. The van der Waals surface area contributed by atoms with Crippen LogP contribution in [0.5, 0.6) is 5.75 Å². The predicted molar refractivity (Wildman–Crippen MR) is 84.7 cm³/mol. The third kappa shape index (κ3) is 3.09. The minimum Gasteiger partial charge on any atom is -0.497 e. The van der Waals surface area contributed by atoms with Gasteiger partial charge in [0.05, 0.1) is 12.7 Å². The summed E-state index contributed by atoms with van der Waals surface area (Å²) >= 11 is 0. The summed E-state index contributed by atoms with van der Waals surface area (Å²) in [6, 6.07) is 8.86. The van der Waals surface area contributed by atoms with E-state index in [-0.39, 0.29) is 5.60 Å². The van der Waals surface area contributed by atoms with Gasteiger partial charge in [-0.3, -0.25) is 0 Å². The maximum absolute atomic E-state index is 6.18. The smallest absolute Gasteiger partial charge is 0.119 e. The van der Waals surface area contributed by atoms with Gasteiger partial charge in [0.2, 0.25) is 0 Å². The summed E-state index contributed by atoms with van der Waals surface area (Å²) in [6.07, 6.45) is 7.49. The van der Waals surface area contributed by atoms with E-state index in [0.717, 1.165) is 18.8 Å². The van der Waals surface area contributed by atoms with Gasteiger partial charge in [-0.25, -0.2) is 0 Å². The van der Waals surface area contributed by atoms with Crippen LogP contribution in [-0.4, -0.2) is 26.4 Å².